The fraction of sp³-hybridized carbons (Fsp3) is 0.538. The zero-order valence-corrected chi connectivity index (χ0v) is 12.9. The van der Waals surface area contributed by atoms with Gasteiger partial charge in [0.2, 0.25) is 0 Å². The second-order valence-corrected chi connectivity index (χ2v) is 7.20. The molecule has 0 aromatic heterocycles. The summed E-state index contributed by atoms with van der Waals surface area (Å²) in [5, 5.41) is 19.1. The normalized spacial score (nSPS) is 12.6. The van der Waals surface area contributed by atoms with Crippen molar-refractivity contribution in [2.75, 3.05) is 26.4 Å². The molecule has 1 aromatic carbocycles. The van der Waals surface area contributed by atoms with Crippen LogP contribution >= 0.6 is 0 Å². The van der Waals surface area contributed by atoms with E-state index in [2.05, 4.69) is 0 Å². The second-order valence-electron chi connectivity index (χ2n) is 5.68. The Labute approximate surface area is 123 Å². The first kappa shape index (κ1) is 17.7. The molecule has 2 N–H and O–H groups in total. The highest BCUT2D eigenvalue weighted by molar-refractivity contribution is 7.85. The van der Waals surface area contributed by atoms with Gasteiger partial charge in [0, 0.05) is 5.75 Å². The van der Waals surface area contributed by atoms with Crippen molar-refractivity contribution < 1.29 is 32.1 Å². The van der Waals surface area contributed by atoms with E-state index in [1.165, 1.54) is 0 Å². The number of hydrogen-bond acceptors (Lipinski definition) is 5. The van der Waals surface area contributed by atoms with E-state index in [1.54, 1.807) is 14.1 Å². The first-order valence-corrected chi connectivity index (χ1v) is 8.04. The molecule has 0 saturated heterocycles. The highest BCUT2D eigenvalue weighted by Gasteiger charge is 2.22. The lowest BCUT2D eigenvalue weighted by atomic mass is 10.1. The van der Waals surface area contributed by atoms with Crippen LogP contribution in [0, 0.1) is 5.82 Å². The van der Waals surface area contributed by atoms with Gasteiger partial charge in [-0.25, -0.2) is 12.8 Å². The van der Waals surface area contributed by atoms with Crippen molar-refractivity contribution in [1.82, 2.24) is 0 Å². The van der Waals surface area contributed by atoms with Crippen molar-refractivity contribution in [3.63, 3.8) is 0 Å². The highest BCUT2D eigenvalue weighted by Crippen LogP contribution is 2.32. The number of phenols is 2. The molecular weight excluding hydrogens is 301 g/mol. The molecule has 0 amide bonds. The third-order valence-corrected chi connectivity index (χ3v) is 3.99. The average molecular weight is 321 g/mol. The second kappa shape index (κ2) is 6.59. The van der Waals surface area contributed by atoms with Crippen molar-refractivity contribution in [2.45, 2.75) is 19.4 Å². The summed E-state index contributed by atoms with van der Waals surface area (Å²) in [5.41, 5.74) is 0.0106. The van der Waals surface area contributed by atoms with Crippen molar-refractivity contribution in [1.29, 1.82) is 0 Å². The van der Waals surface area contributed by atoms with Crippen LogP contribution in [0.2, 0.25) is 0 Å². The van der Waals surface area contributed by atoms with Crippen molar-refractivity contribution >= 4 is 10.1 Å². The molecule has 0 heterocycles. The largest absolute Gasteiger partial charge is 0.748 e. The molecule has 0 aliphatic rings. The summed E-state index contributed by atoms with van der Waals surface area (Å²) in [4.78, 5) is 0. The maximum Gasteiger partial charge on any atom is 0.169 e. The molecule has 21 heavy (non-hydrogen) atoms. The highest BCUT2D eigenvalue weighted by atomic mass is 32.2. The molecule has 1 aromatic rings. The van der Waals surface area contributed by atoms with Crippen LogP contribution in [-0.4, -0.2) is 54.1 Å². The molecule has 0 bridgehead atoms. The van der Waals surface area contributed by atoms with Gasteiger partial charge in [-0.05, 0) is 25.0 Å². The van der Waals surface area contributed by atoms with Crippen LogP contribution in [0.25, 0.3) is 0 Å². The van der Waals surface area contributed by atoms with Gasteiger partial charge in [-0.3, -0.25) is 0 Å². The molecule has 8 heteroatoms. The predicted molar refractivity (Wildman–Crippen MR) is 74.2 cm³/mol. The number of phenolic OH excluding ortho intramolecular Hbond substituents is 2. The van der Waals surface area contributed by atoms with Gasteiger partial charge in [-0.1, -0.05) is 0 Å². The van der Waals surface area contributed by atoms with E-state index in [0.717, 1.165) is 12.1 Å². The van der Waals surface area contributed by atoms with E-state index in [9.17, 15) is 27.6 Å². The SMILES string of the molecule is C[N+](C)(CCCCS(=O)(=O)[O-])Cc1c(F)ccc(O)c1O. The van der Waals surface area contributed by atoms with E-state index in [1.807, 2.05) is 0 Å². The van der Waals surface area contributed by atoms with Gasteiger partial charge in [-0.15, -0.1) is 0 Å². The molecule has 0 unspecified atom stereocenters. The first-order chi connectivity index (χ1) is 9.52. The van der Waals surface area contributed by atoms with Gasteiger partial charge < -0.3 is 19.2 Å². The minimum Gasteiger partial charge on any atom is -0.748 e. The molecule has 0 spiro atoms. The molecule has 0 saturated carbocycles. The number of hydrogen-bond donors (Lipinski definition) is 2. The first-order valence-electron chi connectivity index (χ1n) is 6.47. The van der Waals surface area contributed by atoms with Crippen LogP contribution in [-0.2, 0) is 16.7 Å². The van der Waals surface area contributed by atoms with Gasteiger partial charge >= 0.3 is 0 Å². The van der Waals surface area contributed by atoms with Gasteiger partial charge in [0.25, 0.3) is 0 Å². The van der Waals surface area contributed by atoms with Crippen LogP contribution in [0.15, 0.2) is 12.1 Å². The maximum atomic E-state index is 13.7. The molecular formula is C13H20FNO5S. The van der Waals surface area contributed by atoms with Crippen molar-refractivity contribution in [3.8, 4) is 11.5 Å². The van der Waals surface area contributed by atoms with Crippen molar-refractivity contribution in [3.05, 3.63) is 23.5 Å². The molecule has 0 aliphatic heterocycles. The third-order valence-electron chi connectivity index (χ3n) is 3.20. The average Bonchev–Trinajstić information content (AvgIpc) is 2.34. The van der Waals surface area contributed by atoms with E-state index in [4.69, 9.17) is 0 Å². The summed E-state index contributed by atoms with van der Waals surface area (Å²) >= 11 is 0. The predicted octanol–water partition coefficient (Wildman–Crippen LogP) is 1.14. The number of quaternary nitrogens is 1. The lowest BCUT2D eigenvalue weighted by Crippen LogP contribution is -2.40. The Kier molecular flexibility index (Phi) is 5.54. The zero-order chi connectivity index (χ0) is 16.3. The Hall–Kier alpha value is -1.38. The molecule has 0 radical (unpaired) electrons. The number of aromatic hydroxyl groups is 2. The Balaban J connectivity index is 2.66. The van der Waals surface area contributed by atoms with Crippen LogP contribution in [0.1, 0.15) is 18.4 Å². The lowest BCUT2D eigenvalue weighted by Gasteiger charge is -2.30. The topological polar surface area (TPSA) is 97.7 Å². The van der Waals surface area contributed by atoms with E-state index in [0.29, 0.717) is 13.0 Å². The Morgan fingerprint density at radius 2 is 1.86 bits per heavy atom. The fourth-order valence-corrected chi connectivity index (χ4v) is 2.63. The molecule has 1 rings (SSSR count). The Morgan fingerprint density at radius 3 is 2.43 bits per heavy atom. The summed E-state index contributed by atoms with van der Waals surface area (Å²) < 4.78 is 45.5. The standard InChI is InChI=1S/C13H20FNO5S/c1-15(2,7-3-4-8-21(18,19)20)9-10-11(14)5-6-12(16)13(10)17/h5-6H,3-4,7-9H2,1-2H3,(H2-,16,17,18,19,20). The van der Waals surface area contributed by atoms with Crippen LogP contribution < -0.4 is 0 Å². The maximum absolute atomic E-state index is 13.7. The van der Waals surface area contributed by atoms with Crippen LogP contribution in [0.3, 0.4) is 0 Å². The molecule has 0 fully saturated rings. The summed E-state index contributed by atoms with van der Waals surface area (Å²) in [6.45, 7) is 0.639. The minimum absolute atomic E-state index is 0.0106. The fourth-order valence-electron chi connectivity index (χ4n) is 2.08. The summed E-state index contributed by atoms with van der Waals surface area (Å²) in [7, 11) is -0.637. The number of benzene rings is 1. The van der Waals surface area contributed by atoms with Crippen LogP contribution in [0.5, 0.6) is 11.5 Å². The molecule has 120 valence electrons. The van der Waals surface area contributed by atoms with Crippen molar-refractivity contribution in [2.24, 2.45) is 0 Å². The monoisotopic (exact) mass is 321 g/mol. The van der Waals surface area contributed by atoms with E-state index >= 15 is 0 Å². The van der Waals surface area contributed by atoms with Gasteiger partial charge in [0.15, 0.2) is 11.5 Å². The van der Waals surface area contributed by atoms with E-state index < -0.39 is 27.4 Å². The molecule has 0 aliphatic carbocycles. The molecule has 0 atom stereocenters. The van der Waals surface area contributed by atoms with Gasteiger partial charge in [0.05, 0.1) is 36.3 Å². The quantitative estimate of drug-likeness (QED) is 0.340. The minimum atomic E-state index is -4.21. The summed E-state index contributed by atoms with van der Waals surface area (Å²) in [6, 6.07) is 2.15. The number of nitrogens with zero attached hydrogens (tertiary/aromatic N) is 1. The van der Waals surface area contributed by atoms with E-state index in [-0.39, 0.29) is 28.8 Å². The Morgan fingerprint density at radius 1 is 1.24 bits per heavy atom. The van der Waals surface area contributed by atoms with Gasteiger partial charge in [0.1, 0.15) is 12.4 Å². The third kappa shape index (κ3) is 5.86. The zero-order valence-electron chi connectivity index (χ0n) is 12.0. The lowest BCUT2D eigenvalue weighted by molar-refractivity contribution is -0.904. The smallest absolute Gasteiger partial charge is 0.169 e. The number of halogens is 1. The Bertz CT molecular complexity index is 601. The summed E-state index contributed by atoms with van der Waals surface area (Å²) in [6.07, 6.45) is 0.720. The van der Waals surface area contributed by atoms with Gasteiger partial charge in [-0.2, -0.15) is 0 Å². The van der Waals surface area contributed by atoms with Crippen LogP contribution in [0.4, 0.5) is 4.39 Å². The number of rotatable bonds is 7. The number of unbranched alkanes of at least 4 members (excludes halogenated alkanes) is 1. The summed E-state index contributed by atoms with van der Waals surface area (Å²) in [5.74, 6) is -1.90. The molecule has 6 nitrogen and oxygen atoms in total.